The van der Waals surface area contributed by atoms with E-state index < -0.39 is 0 Å². The van der Waals surface area contributed by atoms with Crippen molar-refractivity contribution in [2.45, 2.75) is 19.9 Å². The average Bonchev–Trinajstić information content (AvgIpc) is 2.88. The van der Waals surface area contributed by atoms with Gasteiger partial charge in [0.1, 0.15) is 5.01 Å². The summed E-state index contributed by atoms with van der Waals surface area (Å²) in [6.45, 7) is 4.56. The Morgan fingerprint density at radius 3 is 2.74 bits per heavy atom. The maximum absolute atomic E-state index is 5.02. The fraction of sp³-hybridized carbons (Fsp3) is 0.400. The van der Waals surface area contributed by atoms with Crippen LogP contribution in [-0.2, 0) is 17.7 Å². The zero-order valence-electron chi connectivity index (χ0n) is 11.5. The molecule has 0 unspecified atom stereocenters. The van der Waals surface area contributed by atoms with Crippen LogP contribution in [0, 0.1) is 0 Å². The van der Waals surface area contributed by atoms with Gasteiger partial charge in [-0.1, -0.05) is 37.3 Å². The van der Waals surface area contributed by atoms with Gasteiger partial charge in [0.15, 0.2) is 0 Å². The molecule has 0 saturated heterocycles. The van der Waals surface area contributed by atoms with Crippen molar-refractivity contribution in [2.24, 2.45) is 0 Å². The minimum Gasteiger partial charge on any atom is -0.383 e. The first-order valence-electron chi connectivity index (χ1n) is 6.58. The van der Waals surface area contributed by atoms with Gasteiger partial charge in [-0.2, -0.15) is 0 Å². The van der Waals surface area contributed by atoms with Crippen LogP contribution in [0.3, 0.4) is 0 Å². The molecule has 1 N–H and O–H groups in total. The number of nitrogens with one attached hydrogen (secondary N) is 1. The second-order valence-electron chi connectivity index (χ2n) is 4.27. The third kappa shape index (κ3) is 3.86. The molecule has 0 aliphatic carbocycles. The van der Waals surface area contributed by atoms with Gasteiger partial charge in [-0.3, -0.25) is 0 Å². The predicted octanol–water partition coefficient (Wildman–Crippen LogP) is 3.11. The van der Waals surface area contributed by atoms with Crippen molar-refractivity contribution >= 4 is 11.3 Å². The van der Waals surface area contributed by atoms with Crippen LogP contribution in [0.1, 0.15) is 17.6 Å². The molecule has 1 heterocycles. The summed E-state index contributed by atoms with van der Waals surface area (Å²) >= 11 is 1.78. The summed E-state index contributed by atoms with van der Waals surface area (Å²) < 4.78 is 5.02. The number of ether oxygens (including phenoxy) is 1. The molecule has 0 aliphatic heterocycles. The largest absolute Gasteiger partial charge is 0.383 e. The van der Waals surface area contributed by atoms with E-state index in [4.69, 9.17) is 9.72 Å². The van der Waals surface area contributed by atoms with Crippen LogP contribution in [0.15, 0.2) is 30.3 Å². The number of methoxy groups -OCH3 is 1. The first-order chi connectivity index (χ1) is 9.35. The molecular formula is C15H20N2OS. The monoisotopic (exact) mass is 276 g/mol. The van der Waals surface area contributed by atoms with Gasteiger partial charge < -0.3 is 10.1 Å². The molecule has 19 heavy (non-hydrogen) atoms. The number of hydrogen-bond donors (Lipinski definition) is 1. The molecule has 0 amide bonds. The average molecular weight is 276 g/mol. The predicted molar refractivity (Wildman–Crippen MR) is 80.5 cm³/mol. The molecule has 0 bridgehead atoms. The van der Waals surface area contributed by atoms with E-state index in [0.29, 0.717) is 0 Å². The summed E-state index contributed by atoms with van der Waals surface area (Å²) in [7, 11) is 1.72. The van der Waals surface area contributed by atoms with Crippen molar-refractivity contribution < 1.29 is 4.74 Å². The topological polar surface area (TPSA) is 34.2 Å². The quantitative estimate of drug-likeness (QED) is 0.789. The molecule has 0 spiro atoms. The highest BCUT2D eigenvalue weighted by Gasteiger charge is 2.10. The molecule has 102 valence electrons. The molecule has 0 atom stereocenters. The molecule has 0 fully saturated rings. The molecule has 1 aromatic heterocycles. The number of nitrogens with zero attached hydrogens (tertiary/aromatic N) is 1. The SMILES string of the molecule is CCc1nc(CNCCOC)sc1-c1ccccc1. The van der Waals surface area contributed by atoms with Gasteiger partial charge in [0, 0.05) is 20.2 Å². The van der Waals surface area contributed by atoms with Gasteiger partial charge >= 0.3 is 0 Å². The van der Waals surface area contributed by atoms with Gasteiger partial charge in [0.25, 0.3) is 0 Å². The lowest BCUT2D eigenvalue weighted by atomic mass is 10.1. The summed E-state index contributed by atoms with van der Waals surface area (Å²) in [6, 6.07) is 10.5. The Kier molecular flexibility index (Phi) is 5.51. The number of aromatic nitrogens is 1. The lowest BCUT2D eigenvalue weighted by Crippen LogP contribution is -2.18. The van der Waals surface area contributed by atoms with Crippen LogP contribution < -0.4 is 5.32 Å². The Bertz CT molecular complexity index is 496. The van der Waals surface area contributed by atoms with E-state index in [0.717, 1.165) is 31.1 Å². The van der Waals surface area contributed by atoms with E-state index in [1.165, 1.54) is 16.1 Å². The van der Waals surface area contributed by atoms with Gasteiger partial charge in [-0.15, -0.1) is 11.3 Å². The number of aryl methyl sites for hydroxylation is 1. The standard InChI is InChI=1S/C15H20N2OS/c1-3-13-15(12-7-5-4-6-8-12)19-14(17-13)11-16-9-10-18-2/h4-8,16H,3,9-11H2,1-2H3. The van der Waals surface area contributed by atoms with Crippen LogP contribution in [0.2, 0.25) is 0 Å². The maximum Gasteiger partial charge on any atom is 0.107 e. The summed E-state index contributed by atoms with van der Waals surface area (Å²) in [5, 5.41) is 4.49. The van der Waals surface area contributed by atoms with Crippen LogP contribution in [-0.4, -0.2) is 25.2 Å². The zero-order valence-corrected chi connectivity index (χ0v) is 12.3. The lowest BCUT2D eigenvalue weighted by molar-refractivity contribution is 0.199. The van der Waals surface area contributed by atoms with E-state index in [-0.39, 0.29) is 0 Å². The minimum absolute atomic E-state index is 0.734. The molecule has 0 aliphatic rings. The molecule has 1 aromatic carbocycles. The first-order valence-corrected chi connectivity index (χ1v) is 7.40. The Balaban J connectivity index is 2.09. The second kappa shape index (κ2) is 7.38. The minimum atomic E-state index is 0.734. The fourth-order valence-corrected chi connectivity index (χ4v) is 3.03. The van der Waals surface area contributed by atoms with Gasteiger partial charge in [-0.25, -0.2) is 4.98 Å². The van der Waals surface area contributed by atoms with Crippen molar-refractivity contribution in [3.8, 4) is 10.4 Å². The maximum atomic E-state index is 5.02. The Labute approximate surface area is 118 Å². The van der Waals surface area contributed by atoms with Gasteiger partial charge in [0.2, 0.25) is 0 Å². The number of thiazole rings is 1. The highest BCUT2D eigenvalue weighted by molar-refractivity contribution is 7.15. The van der Waals surface area contributed by atoms with Crippen LogP contribution in [0.4, 0.5) is 0 Å². The van der Waals surface area contributed by atoms with Crippen molar-refractivity contribution in [1.29, 1.82) is 0 Å². The molecule has 0 saturated carbocycles. The highest BCUT2D eigenvalue weighted by atomic mass is 32.1. The summed E-state index contributed by atoms with van der Waals surface area (Å²) in [4.78, 5) is 6.02. The fourth-order valence-electron chi connectivity index (χ4n) is 1.90. The van der Waals surface area contributed by atoms with Crippen molar-refractivity contribution in [1.82, 2.24) is 10.3 Å². The zero-order chi connectivity index (χ0) is 13.5. The molecule has 2 aromatic rings. The van der Waals surface area contributed by atoms with E-state index in [9.17, 15) is 0 Å². The van der Waals surface area contributed by atoms with Crippen molar-refractivity contribution in [2.75, 3.05) is 20.3 Å². The van der Waals surface area contributed by atoms with E-state index in [1.807, 2.05) is 6.07 Å². The van der Waals surface area contributed by atoms with Crippen molar-refractivity contribution in [3.63, 3.8) is 0 Å². The van der Waals surface area contributed by atoms with E-state index in [2.05, 4.69) is 36.5 Å². The van der Waals surface area contributed by atoms with Gasteiger partial charge in [-0.05, 0) is 12.0 Å². The molecule has 0 radical (unpaired) electrons. The van der Waals surface area contributed by atoms with Gasteiger partial charge in [0.05, 0.1) is 17.2 Å². The van der Waals surface area contributed by atoms with Crippen LogP contribution in [0.25, 0.3) is 10.4 Å². The Hall–Kier alpha value is -1.23. The molecule has 3 nitrogen and oxygen atoms in total. The third-order valence-electron chi connectivity index (χ3n) is 2.87. The Morgan fingerprint density at radius 2 is 2.05 bits per heavy atom. The number of rotatable bonds is 7. The summed E-state index contributed by atoms with van der Waals surface area (Å²) in [5.41, 5.74) is 2.46. The first kappa shape index (κ1) is 14.2. The molecular weight excluding hydrogens is 256 g/mol. The molecule has 2 rings (SSSR count). The number of benzene rings is 1. The smallest absolute Gasteiger partial charge is 0.107 e. The van der Waals surface area contributed by atoms with E-state index in [1.54, 1.807) is 18.4 Å². The Morgan fingerprint density at radius 1 is 1.26 bits per heavy atom. The third-order valence-corrected chi connectivity index (χ3v) is 4.02. The normalized spacial score (nSPS) is 10.8. The lowest BCUT2D eigenvalue weighted by Gasteiger charge is -2.00. The van der Waals surface area contributed by atoms with E-state index >= 15 is 0 Å². The number of hydrogen-bond acceptors (Lipinski definition) is 4. The summed E-state index contributed by atoms with van der Waals surface area (Å²) in [6.07, 6.45) is 0.971. The highest BCUT2D eigenvalue weighted by Crippen LogP contribution is 2.30. The van der Waals surface area contributed by atoms with Crippen LogP contribution >= 0.6 is 11.3 Å². The van der Waals surface area contributed by atoms with Crippen molar-refractivity contribution in [3.05, 3.63) is 41.0 Å². The molecule has 4 heteroatoms. The van der Waals surface area contributed by atoms with Crippen LogP contribution in [0.5, 0.6) is 0 Å². The second-order valence-corrected chi connectivity index (χ2v) is 5.36. The summed E-state index contributed by atoms with van der Waals surface area (Å²) in [5.74, 6) is 0.